The van der Waals surface area contributed by atoms with Crippen LogP contribution in [0.25, 0.3) is 11.3 Å². The number of hydrogen-bond acceptors (Lipinski definition) is 4. The van der Waals surface area contributed by atoms with Crippen LogP contribution < -0.4 is 10.1 Å². The van der Waals surface area contributed by atoms with Crippen LogP contribution >= 0.6 is 11.6 Å². The fourth-order valence-corrected chi connectivity index (χ4v) is 9.21. The molecule has 3 atom stereocenters. The second-order valence-electron chi connectivity index (χ2n) is 14.6. The van der Waals surface area contributed by atoms with Crippen molar-refractivity contribution in [2.75, 3.05) is 11.9 Å². The van der Waals surface area contributed by atoms with Gasteiger partial charge in [0.2, 0.25) is 0 Å². The van der Waals surface area contributed by atoms with Gasteiger partial charge in [-0.2, -0.15) is 0 Å². The minimum atomic E-state index is -1.04. The summed E-state index contributed by atoms with van der Waals surface area (Å²) < 4.78 is 8.75. The lowest BCUT2D eigenvalue weighted by Crippen LogP contribution is -2.53. The van der Waals surface area contributed by atoms with Gasteiger partial charge >= 0.3 is 5.97 Å². The van der Waals surface area contributed by atoms with Gasteiger partial charge in [-0.25, -0.2) is 4.79 Å². The van der Waals surface area contributed by atoms with Crippen LogP contribution in [0.4, 0.5) is 5.69 Å². The summed E-state index contributed by atoms with van der Waals surface area (Å²) in [6.07, 6.45) is 12.1. The molecule has 0 amide bonds. The van der Waals surface area contributed by atoms with Crippen molar-refractivity contribution in [2.24, 2.45) is 18.9 Å². The zero-order chi connectivity index (χ0) is 32.8. The van der Waals surface area contributed by atoms with Crippen molar-refractivity contribution in [1.82, 2.24) is 9.55 Å². The molecule has 1 fully saturated rings. The maximum Gasteiger partial charge on any atom is 0.329 e. The standard InChI is InChI=1S/C40H46ClN3O3/c1-26(25-47-36-14-19-42-34-10-4-7-27(2)37(34)36)21-30-22-28-12-13-29(35-11-6-20-44(35)3)23-33(28)39(30)15-17-40(18-16-39,38(45)46)43-32-9-5-8-31(41)24-32/h5-6,8-9,11-14,19-20,23-24,26-27,30,43H,4,7,10,15-18,21-22,25H2,1-3H3,(H,45,46)/t26-,27-,30+,39?,40?/m1/s1. The predicted molar refractivity (Wildman–Crippen MR) is 188 cm³/mol. The van der Waals surface area contributed by atoms with Crippen molar-refractivity contribution in [3.8, 4) is 17.0 Å². The number of nitrogens with zero attached hydrogens (tertiary/aromatic N) is 2. The van der Waals surface area contributed by atoms with E-state index in [9.17, 15) is 9.90 Å². The molecule has 7 rings (SSSR count). The monoisotopic (exact) mass is 651 g/mol. The number of halogens is 1. The van der Waals surface area contributed by atoms with E-state index in [1.165, 1.54) is 46.5 Å². The number of rotatable bonds is 9. The highest BCUT2D eigenvalue weighted by atomic mass is 35.5. The van der Waals surface area contributed by atoms with E-state index in [1.54, 1.807) is 0 Å². The second-order valence-corrected chi connectivity index (χ2v) is 15.0. The molecule has 7 heteroatoms. The SMILES string of the molecule is C[C@@H](COc1ccnc2c1[C@H](C)CCC2)C[C@H]1Cc2ccc(-c3cccn3C)cc2C12CCC(Nc1cccc(Cl)c1)(C(=O)O)CC2. The molecule has 4 aromatic rings. The predicted octanol–water partition coefficient (Wildman–Crippen LogP) is 9.21. The number of carbonyl (C=O) groups is 1. The minimum absolute atomic E-state index is 0.0932. The van der Waals surface area contributed by atoms with Crippen LogP contribution in [-0.2, 0) is 30.1 Å². The van der Waals surface area contributed by atoms with Crippen LogP contribution in [0.3, 0.4) is 0 Å². The Kier molecular flexibility index (Phi) is 8.58. The van der Waals surface area contributed by atoms with Crippen LogP contribution in [-0.4, -0.2) is 32.8 Å². The van der Waals surface area contributed by atoms with E-state index in [-0.39, 0.29) is 5.41 Å². The summed E-state index contributed by atoms with van der Waals surface area (Å²) in [7, 11) is 2.09. The van der Waals surface area contributed by atoms with Gasteiger partial charge in [0.25, 0.3) is 0 Å². The van der Waals surface area contributed by atoms with Crippen LogP contribution in [0.1, 0.15) is 87.1 Å². The van der Waals surface area contributed by atoms with E-state index >= 15 is 0 Å². The highest BCUT2D eigenvalue weighted by Crippen LogP contribution is 2.56. The summed E-state index contributed by atoms with van der Waals surface area (Å²) in [4.78, 5) is 17.6. The number of fused-ring (bicyclic) bond motifs is 3. The lowest BCUT2D eigenvalue weighted by Gasteiger charge is -2.47. The summed E-state index contributed by atoms with van der Waals surface area (Å²) in [5.74, 6) is 1.43. The van der Waals surface area contributed by atoms with Crippen molar-refractivity contribution in [3.63, 3.8) is 0 Å². The average Bonchev–Trinajstić information content (AvgIpc) is 3.61. The number of carboxylic acid groups (broad SMARTS) is 1. The summed E-state index contributed by atoms with van der Waals surface area (Å²) in [5, 5.41) is 14.6. The van der Waals surface area contributed by atoms with Gasteiger partial charge in [-0.3, -0.25) is 4.98 Å². The first-order valence-electron chi connectivity index (χ1n) is 17.3. The maximum atomic E-state index is 12.9. The third kappa shape index (κ3) is 5.94. The molecule has 1 spiro atoms. The zero-order valence-corrected chi connectivity index (χ0v) is 28.5. The number of carboxylic acids is 1. The summed E-state index contributed by atoms with van der Waals surface area (Å²) in [6, 6.07) is 20.7. The van der Waals surface area contributed by atoms with Crippen molar-refractivity contribution in [3.05, 3.63) is 100 Å². The van der Waals surface area contributed by atoms with Gasteiger partial charge in [-0.15, -0.1) is 0 Å². The molecule has 2 aromatic carbocycles. The van der Waals surface area contributed by atoms with Crippen molar-refractivity contribution in [2.45, 2.75) is 88.5 Å². The Bertz CT molecular complexity index is 1770. The lowest BCUT2D eigenvalue weighted by atomic mass is 9.59. The normalized spacial score (nSPS) is 25.6. The van der Waals surface area contributed by atoms with Gasteiger partial charge < -0.3 is 19.7 Å². The molecule has 3 aliphatic rings. The Morgan fingerprint density at radius 3 is 2.70 bits per heavy atom. The van der Waals surface area contributed by atoms with Gasteiger partial charge in [0.1, 0.15) is 11.3 Å². The molecule has 47 heavy (non-hydrogen) atoms. The zero-order valence-electron chi connectivity index (χ0n) is 27.8. The molecular weight excluding hydrogens is 606 g/mol. The first-order chi connectivity index (χ1) is 22.7. The first-order valence-corrected chi connectivity index (χ1v) is 17.7. The number of pyridine rings is 1. The van der Waals surface area contributed by atoms with Gasteiger partial charge in [0, 0.05) is 47.1 Å². The fourth-order valence-electron chi connectivity index (χ4n) is 9.02. The van der Waals surface area contributed by atoms with Crippen LogP contribution in [0.5, 0.6) is 5.75 Å². The van der Waals surface area contributed by atoms with E-state index in [2.05, 4.69) is 72.3 Å². The summed E-state index contributed by atoms with van der Waals surface area (Å²) >= 11 is 6.28. The molecule has 0 radical (unpaired) electrons. The molecular formula is C40H46ClN3O3. The van der Waals surface area contributed by atoms with E-state index in [4.69, 9.17) is 16.3 Å². The number of hydrogen-bond donors (Lipinski definition) is 2. The van der Waals surface area contributed by atoms with Gasteiger partial charge in [-0.1, -0.05) is 43.6 Å². The molecule has 1 saturated carbocycles. The number of anilines is 1. The molecule has 0 aliphatic heterocycles. The topological polar surface area (TPSA) is 76.4 Å². The molecule has 0 unspecified atom stereocenters. The Morgan fingerprint density at radius 2 is 1.96 bits per heavy atom. The van der Waals surface area contributed by atoms with E-state index in [0.717, 1.165) is 43.5 Å². The number of aromatic nitrogens is 2. The molecule has 2 N–H and O–H groups in total. The maximum absolute atomic E-state index is 12.9. The highest BCUT2D eigenvalue weighted by Gasteiger charge is 2.54. The molecule has 3 aliphatic carbocycles. The third-order valence-corrected chi connectivity index (χ3v) is 11.8. The Morgan fingerprint density at radius 1 is 1.13 bits per heavy atom. The number of nitrogens with one attached hydrogen (secondary N) is 1. The molecule has 2 aromatic heterocycles. The number of aliphatic carboxylic acids is 1. The molecule has 0 saturated heterocycles. The lowest BCUT2D eigenvalue weighted by molar-refractivity contribution is -0.144. The highest BCUT2D eigenvalue weighted by molar-refractivity contribution is 6.30. The van der Waals surface area contributed by atoms with E-state index < -0.39 is 11.5 Å². The van der Waals surface area contributed by atoms with Crippen LogP contribution in [0, 0.1) is 11.8 Å². The van der Waals surface area contributed by atoms with Crippen molar-refractivity contribution < 1.29 is 14.6 Å². The average molecular weight is 652 g/mol. The van der Waals surface area contributed by atoms with Crippen LogP contribution in [0.15, 0.2) is 73.1 Å². The number of ether oxygens (including phenoxy) is 1. The van der Waals surface area contributed by atoms with E-state index in [0.29, 0.717) is 42.2 Å². The Balaban J connectivity index is 1.16. The Labute approximate surface area is 283 Å². The van der Waals surface area contributed by atoms with E-state index in [1.807, 2.05) is 36.5 Å². The molecule has 6 nitrogen and oxygen atoms in total. The fraction of sp³-hybridized carbons (Fsp3) is 0.450. The number of aryl methyl sites for hydroxylation is 2. The van der Waals surface area contributed by atoms with Crippen molar-refractivity contribution in [1.29, 1.82) is 0 Å². The second kappa shape index (κ2) is 12.7. The smallest absolute Gasteiger partial charge is 0.329 e. The van der Waals surface area contributed by atoms with Gasteiger partial charge in [-0.05, 0) is 140 Å². The molecule has 0 bridgehead atoms. The van der Waals surface area contributed by atoms with Crippen LogP contribution in [0.2, 0.25) is 5.02 Å². The number of benzene rings is 2. The van der Waals surface area contributed by atoms with Gasteiger partial charge in [0.15, 0.2) is 0 Å². The largest absolute Gasteiger partial charge is 0.493 e. The molecule has 246 valence electrons. The minimum Gasteiger partial charge on any atom is -0.493 e. The Hall–Kier alpha value is -3.77. The molecule has 2 heterocycles. The van der Waals surface area contributed by atoms with Gasteiger partial charge in [0.05, 0.1) is 6.61 Å². The quantitative estimate of drug-likeness (QED) is 0.189. The first kappa shape index (κ1) is 31.8. The third-order valence-electron chi connectivity index (χ3n) is 11.5. The summed E-state index contributed by atoms with van der Waals surface area (Å²) in [5.41, 5.74) is 7.35. The van der Waals surface area contributed by atoms with Crippen molar-refractivity contribution >= 4 is 23.3 Å². The summed E-state index contributed by atoms with van der Waals surface area (Å²) in [6.45, 7) is 5.27.